The number of nitrogens with one attached hydrogen (secondary N) is 1. The molecule has 1 N–H and O–H groups in total. The summed E-state index contributed by atoms with van der Waals surface area (Å²) in [4.78, 5) is 38.3. The van der Waals surface area contributed by atoms with Crippen LogP contribution in [0.15, 0.2) is 47.6 Å². The maximum Gasteiger partial charge on any atom is 0.354 e. The molecule has 0 aliphatic carbocycles. The minimum atomic E-state index is -0.592. The monoisotopic (exact) mass is 447 g/mol. The zero-order valence-electron chi connectivity index (χ0n) is 16.2. The Hall–Kier alpha value is -2.90. The fraction of sp³-hybridized carbons (Fsp3) is 0.238. The lowest BCUT2D eigenvalue weighted by Crippen LogP contribution is -2.31. The molecule has 0 atom stereocenters. The number of carbonyl (C=O) groups is 3. The van der Waals surface area contributed by atoms with Gasteiger partial charge in [-0.15, -0.1) is 0 Å². The van der Waals surface area contributed by atoms with Crippen molar-refractivity contribution in [2.45, 2.75) is 19.8 Å². The highest BCUT2D eigenvalue weighted by Gasteiger charge is 2.34. The van der Waals surface area contributed by atoms with Crippen molar-refractivity contribution in [1.82, 2.24) is 4.90 Å². The Kier molecular flexibility index (Phi) is 7.07. The van der Waals surface area contributed by atoms with Crippen molar-refractivity contribution in [2.24, 2.45) is 5.10 Å². The van der Waals surface area contributed by atoms with E-state index in [0.29, 0.717) is 33.3 Å². The number of fused-ring (bicyclic) bond motifs is 1. The topological polar surface area (TPSA) is 88.1 Å². The van der Waals surface area contributed by atoms with Crippen LogP contribution in [0.4, 0.5) is 5.69 Å². The summed E-state index contributed by atoms with van der Waals surface area (Å²) in [5, 5.41) is 4.96. The number of carbonyl (C=O) groups excluding carboxylic acids is 3. The third kappa shape index (κ3) is 4.80. The van der Waals surface area contributed by atoms with Crippen molar-refractivity contribution in [1.29, 1.82) is 0 Å². The smallest absolute Gasteiger partial charge is 0.354 e. The number of anilines is 1. The lowest BCUT2D eigenvalue weighted by molar-refractivity contribution is -0.135. The Morgan fingerprint density at radius 2 is 1.77 bits per heavy atom. The van der Waals surface area contributed by atoms with Crippen molar-refractivity contribution in [3.05, 3.63) is 63.6 Å². The van der Waals surface area contributed by atoms with Gasteiger partial charge in [0.1, 0.15) is 5.71 Å². The zero-order valence-corrected chi connectivity index (χ0v) is 17.7. The van der Waals surface area contributed by atoms with Gasteiger partial charge < -0.3 is 4.74 Å². The van der Waals surface area contributed by atoms with E-state index in [2.05, 4.69) is 10.5 Å². The van der Waals surface area contributed by atoms with Gasteiger partial charge in [-0.05, 0) is 43.7 Å². The molecule has 2 aromatic carbocycles. The van der Waals surface area contributed by atoms with Crippen LogP contribution in [0, 0.1) is 0 Å². The minimum absolute atomic E-state index is 0.115. The van der Waals surface area contributed by atoms with Gasteiger partial charge in [-0.3, -0.25) is 19.9 Å². The molecule has 0 saturated carbocycles. The fourth-order valence-electron chi connectivity index (χ4n) is 2.98. The highest BCUT2D eigenvalue weighted by Crippen LogP contribution is 2.26. The molecular weight excluding hydrogens is 429 g/mol. The van der Waals surface area contributed by atoms with E-state index >= 15 is 0 Å². The normalized spacial score (nSPS) is 13.4. The largest absolute Gasteiger partial charge is 0.461 e. The van der Waals surface area contributed by atoms with Gasteiger partial charge >= 0.3 is 5.97 Å². The van der Waals surface area contributed by atoms with Crippen LogP contribution in [-0.2, 0) is 9.53 Å². The van der Waals surface area contributed by atoms with Gasteiger partial charge in [-0.25, -0.2) is 4.79 Å². The highest BCUT2D eigenvalue weighted by molar-refractivity contribution is 6.37. The molecule has 2 amide bonds. The van der Waals surface area contributed by atoms with E-state index in [0.717, 1.165) is 0 Å². The van der Waals surface area contributed by atoms with E-state index < -0.39 is 5.97 Å². The molecule has 30 heavy (non-hydrogen) atoms. The highest BCUT2D eigenvalue weighted by atomic mass is 35.5. The van der Waals surface area contributed by atoms with Crippen LogP contribution in [0.5, 0.6) is 0 Å². The number of hydrogen-bond donors (Lipinski definition) is 1. The predicted molar refractivity (Wildman–Crippen MR) is 115 cm³/mol. The second-order valence-corrected chi connectivity index (χ2v) is 7.27. The van der Waals surface area contributed by atoms with Crippen LogP contribution in [0.3, 0.4) is 0 Å². The van der Waals surface area contributed by atoms with Gasteiger partial charge in [-0.1, -0.05) is 35.3 Å². The van der Waals surface area contributed by atoms with Gasteiger partial charge in [0.25, 0.3) is 11.8 Å². The third-order valence-electron chi connectivity index (χ3n) is 4.42. The lowest BCUT2D eigenvalue weighted by Gasteiger charge is -2.14. The Balaban J connectivity index is 1.67. The lowest BCUT2D eigenvalue weighted by atomic mass is 10.1. The van der Waals surface area contributed by atoms with Gasteiger partial charge in [0.05, 0.1) is 28.4 Å². The molecule has 1 heterocycles. The van der Waals surface area contributed by atoms with E-state index in [4.69, 9.17) is 27.9 Å². The van der Waals surface area contributed by atoms with Crippen LogP contribution >= 0.6 is 23.2 Å². The average Bonchev–Trinajstić information content (AvgIpc) is 2.98. The van der Waals surface area contributed by atoms with Crippen LogP contribution < -0.4 is 5.43 Å². The second kappa shape index (κ2) is 9.73. The first-order valence-corrected chi connectivity index (χ1v) is 10.1. The van der Waals surface area contributed by atoms with Crippen LogP contribution in [0.25, 0.3) is 0 Å². The van der Waals surface area contributed by atoms with E-state index in [-0.39, 0.29) is 37.1 Å². The number of benzene rings is 2. The SMILES string of the molecule is CCOC(=O)/C(CCCN1C(=O)c2ccccc2C1=O)=N/Nc1cc(Cl)ccc1Cl. The molecule has 2 aromatic rings. The number of amides is 2. The summed E-state index contributed by atoms with van der Waals surface area (Å²) in [6.07, 6.45) is 0.533. The Bertz CT molecular complexity index is 988. The molecule has 3 rings (SSSR count). The number of nitrogens with zero attached hydrogens (tertiary/aromatic N) is 2. The van der Waals surface area contributed by atoms with Gasteiger partial charge in [0.15, 0.2) is 0 Å². The Morgan fingerprint density at radius 1 is 1.10 bits per heavy atom. The fourth-order valence-corrected chi connectivity index (χ4v) is 3.31. The quantitative estimate of drug-likeness (QED) is 0.280. The summed E-state index contributed by atoms with van der Waals surface area (Å²) >= 11 is 12.1. The van der Waals surface area contributed by atoms with Crippen LogP contribution in [-0.4, -0.2) is 41.5 Å². The molecule has 0 radical (unpaired) electrons. The van der Waals surface area contributed by atoms with Crippen molar-refractivity contribution >= 4 is 52.4 Å². The number of hydrogen-bond acceptors (Lipinski definition) is 6. The number of rotatable bonds is 8. The number of hydrazone groups is 1. The summed E-state index contributed by atoms with van der Waals surface area (Å²) in [6.45, 7) is 2.03. The number of halogens is 2. The zero-order chi connectivity index (χ0) is 21.7. The summed E-state index contributed by atoms with van der Waals surface area (Å²) in [5.41, 5.74) is 4.05. The molecular formula is C21H19Cl2N3O4. The van der Waals surface area contributed by atoms with E-state index in [1.165, 1.54) is 4.90 Å². The van der Waals surface area contributed by atoms with E-state index in [1.54, 1.807) is 49.4 Å². The molecule has 156 valence electrons. The summed E-state index contributed by atoms with van der Waals surface area (Å²) in [5.74, 6) is -1.27. The number of ether oxygens (including phenoxy) is 1. The van der Waals surface area contributed by atoms with E-state index in [1.807, 2.05) is 0 Å². The van der Waals surface area contributed by atoms with Crippen LogP contribution in [0.1, 0.15) is 40.5 Å². The Labute approximate surface area is 183 Å². The van der Waals surface area contributed by atoms with Gasteiger partial charge in [-0.2, -0.15) is 5.10 Å². The third-order valence-corrected chi connectivity index (χ3v) is 4.99. The molecule has 0 aromatic heterocycles. The van der Waals surface area contributed by atoms with Gasteiger partial charge in [0, 0.05) is 18.0 Å². The molecule has 7 nitrogen and oxygen atoms in total. The predicted octanol–water partition coefficient (Wildman–Crippen LogP) is 4.40. The molecule has 0 fully saturated rings. The molecule has 1 aliphatic rings. The molecule has 0 unspecified atom stereocenters. The summed E-state index contributed by atoms with van der Waals surface area (Å²) in [7, 11) is 0. The number of imide groups is 1. The van der Waals surface area contributed by atoms with Crippen molar-refractivity contribution < 1.29 is 19.1 Å². The van der Waals surface area contributed by atoms with Crippen molar-refractivity contribution in [3.63, 3.8) is 0 Å². The maximum atomic E-state index is 12.4. The van der Waals surface area contributed by atoms with Crippen molar-refractivity contribution in [2.75, 3.05) is 18.6 Å². The van der Waals surface area contributed by atoms with Crippen LogP contribution in [0.2, 0.25) is 10.0 Å². The summed E-state index contributed by atoms with van der Waals surface area (Å²) < 4.78 is 5.05. The first kappa shape index (κ1) is 21.8. The molecule has 1 aliphatic heterocycles. The second-order valence-electron chi connectivity index (χ2n) is 6.43. The molecule has 0 saturated heterocycles. The average molecular weight is 448 g/mol. The van der Waals surface area contributed by atoms with Gasteiger partial charge in [0.2, 0.25) is 0 Å². The molecule has 0 spiro atoms. The van der Waals surface area contributed by atoms with Crippen molar-refractivity contribution in [3.8, 4) is 0 Å². The summed E-state index contributed by atoms with van der Waals surface area (Å²) in [6, 6.07) is 11.5. The standard InChI is InChI=1S/C21H19Cl2N3O4/c1-2-30-21(29)17(24-25-18-12-13(22)9-10-16(18)23)8-5-11-26-19(27)14-6-3-4-7-15(14)20(26)28/h3-4,6-7,9-10,12,25H,2,5,8,11H2,1H3/b24-17+. The first-order valence-electron chi connectivity index (χ1n) is 9.32. The van der Waals surface area contributed by atoms with E-state index in [9.17, 15) is 14.4 Å². The molecule has 0 bridgehead atoms. The minimum Gasteiger partial charge on any atom is -0.461 e. The number of esters is 1. The molecule has 9 heteroatoms. The maximum absolute atomic E-state index is 12.4. The Morgan fingerprint density at radius 3 is 2.40 bits per heavy atom. The first-order chi connectivity index (χ1) is 14.4.